The molecule has 2 aromatic rings. The largest absolute Gasteiger partial charge is 0.497 e. The van der Waals surface area contributed by atoms with Crippen molar-refractivity contribution in [2.45, 2.75) is 19.9 Å². The smallest absolute Gasteiger partial charge is 0.239 e. The van der Waals surface area contributed by atoms with E-state index in [-0.39, 0.29) is 5.91 Å². The molecule has 96 valence electrons. The van der Waals surface area contributed by atoms with E-state index in [1.165, 1.54) is 0 Å². The third kappa shape index (κ3) is 2.64. The Hall–Kier alpha value is -1.97. The lowest BCUT2D eigenvalue weighted by atomic mass is 10.2. The van der Waals surface area contributed by atoms with Crippen molar-refractivity contribution in [2.75, 3.05) is 13.7 Å². The van der Waals surface area contributed by atoms with E-state index in [1.54, 1.807) is 7.11 Å². The fourth-order valence-corrected chi connectivity index (χ4v) is 1.92. The van der Waals surface area contributed by atoms with Crippen molar-refractivity contribution in [1.82, 2.24) is 9.88 Å². The Bertz CT molecular complexity index is 546. The average Bonchev–Trinajstić information content (AvgIpc) is 2.78. The van der Waals surface area contributed by atoms with E-state index in [4.69, 9.17) is 4.74 Å². The van der Waals surface area contributed by atoms with Crippen molar-refractivity contribution in [3.63, 3.8) is 0 Å². The fourth-order valence-electron chi connectivity index (χ4n) is 1.92. The fraction of sp³-hybridized carbons (Fsp3) is 0.357. The lowest BCUT2D eigenvalue weighted by Gasteiger charge is -2.07. The van der Waals surface area contributed by atoms with Crippen molar-refractivity contribution in [2.24, 2.45) is 0 Å². The van der Waals surface area contributed by atoms with Crippen molar-refractivity contribution in [3.8, 4) is 5.75 Å². The van der Waals surface area contributed by atoms with Gasteiger partial charge in [0.05, 0.1) is 7.11 Å². The van der Waals surface area contributed by atoms with Gasteiger partial charge in [0.2, 0.25) is 5.91 Å². The van der Waals surface area contributed by atoms with Crippen molar-refractivity contribution in [1.29, 1.82) is 0 Å². The summed E-state index contributed by atoms with van der Waals surface area (Å²) < 4.78 is 7.12. The van der Waals surface area contributed by atoms with E-state index in [9.17, 15) is 4.79 Å². The highest BCUT2D eigenvalue weighted by Crippen LogP contribution is 2.21. The molecule has 1 N–H and O–H groups in total. The minimum absolute atomic E-state index is 0.0465. The molecule has 18 heavy (non-hydrogen) atoms. The molecular formula is C14H18N2O2. The highest BCUT2D eigenvalue weighted by atomic mass is 16.5. The molecule has 0 atom stereocenters. The molecule has 0 saturated heterocycles. The molecule has 0 aliphatic rings. The summed E-state index contributed by atoms with van der Waals surface area (Å²) in [4.78, 5) is 11.7. The highest BCUT2D eigenvalue weighted by Gasteiger charge is 2.06. The van der Waals surface area contributed by atoms with Gasteiger partial charge in [-0.25, -0.2) is 0 Å². The van der Waals surface area contributed by atoms with Crippen LogP contribution in [0.15, 0.2) is 30.5 Å². The van der Waals surface area contributed by atoms with E-state index in [1.807, 2.05) is 42.0 Å². The van der Waals surface area contributed by atoms with Gasteiger partial charge in [-0.05, 0) is 30.7 Å². The Kier molecular flexibility index (Phi) is 3.87. The maximum atomic E-state index is 11.7. The highest BCUT2D eigenvalue weighted by molar-refractivity contribution is 5.84. The first-order chi connectivity index (χ1) is 8.74. The zero-order valence-electron chi connectivity index (χ0n) is 10.8. The van der Waals surface area contributed by atoms with Crippen LogP contribution in [0.1, 0.15) is 13.3 Å². The molecule has 1 amide bonds. The molecule has 1 aromatic carbocycles. The molecule has 1 heterocycles. The Balaban J connectivity index is 2.16. The van der Waals surface area contributed by atoms with Crippen LogP contribution in [0.2, 0.25) is 0 Å². The van der Waals surface area contributed by atoms with Crippen LogP contribution >= 0.6 is 0 Å². The molecule has 0 aliphatic carbocycles. The summed E-state index contributed by atoms with van der Waals surface area (Å²) in [6.45, 7) is 3.12. The number of ether oxygens (including phenoxy) is 1. The molecular weight excluding hydrogens is 228 g/mol. The van der Waals surface area contributed by atoms with Gasteiger partial charge in [0.1, 0.15) is 12.3 Å². The number of fused-ring (bicyclic) bond motifs is 1. The molecule has 0 aliphatic heterocycles. The summed E-state index contributed by atoms with van der Waals surface area (Å²) in [6, 6.07) is 7.84. The summed E-state index contributed by atoms with van der Waals surface area (Å²) in [7, 11) is 1.65. The lowest BCUT2D eigenvalue weighted by Crippen LogP contribution is -2.27. The molecule has 1 aromatic heterocycles. The minimum atomic E-state index is 0.0465. The van der Waals surface area contributed by atoms with Gasteiger partial charge in [-0.1, -0.05) is 6.92 Å². The molecule has 0 spiro atoms. The molecule has 2 rings (SSSR count). The number of hydrogen-bond acceptors (Lipinski definition) is 2. The zero-order chi connectivity index (χ0) is 13.0. The van der Waals surface area contributed by atoms with Crippen LogP contribution in [0.5, 0.6) is 5.75 Å². The van der Waals surface area contributed by atoms with Crippen LogP contribution in [0.3, 0.4) is 0 Å². The summed E-state index contributed by atoms with van der Waals surface area (Å²) >= 11 is 0. The number of benzene rings is 1. The average molecular weight is 246 g/mol. The van der Waals surface area contributed by atoms with Gasteiger partial charge < -0.3 is 14.6 Å². The van der Waals surface area contributed by atoms with Gasteiger partial charge in [-0.2, -0.15) is 0 Å². The van der Waals surface area contributed by atoms with E-state index >= 15 is 0 Å². The van der Waals surface area contributed by atoms with E-state index < -0.39 is 0 Å². The number of rotatable bonds is 5. The molecule has 0 unspecified atom stereocenters. The van der Waals surface area contributed by atoms with Crippen LogP contribution in [-0.2, 0) is 11.3 Å². The monoisotopic (exact) mass is 246 g/mol. The Morgan fingerprint density at radius 1 is 1.39 bits per heavy atom. The van der Waals surface area contributed by atoms with Crippen molar-refractivity contribution < 1.29 is 9.53 Å². The Labute approximate surface area is 107 Å². The minimum Gasteiger partial charge on any atom is -0.497 e. The van der Waals surface area contributed by atoms with Crippen molar-refractivity contribution in [3.05, 3.63) is 30.5 Å². The van der Waals surface area contributed by atoms with Gasteiger partial charge in [-0.3, -0.25) is 4.79 Å². The molecule has 0 bridgehead atoms. The normalized spacial score (nSPS) is 10.6. The second-order valence-corrected chi connectivity index (χ2v) is 4.22. The molecule has 4 nitrogen and oxygen atoms in total. The number of nitrogens with zero attached hydrogens (tertiary/aromatic N) is 1. The van der Waals surface area contributed by atoms with Gasteiger partial charge in [0.15, 0.2) is 0 Å². The van der Waals surface area contributed by atoms with Gasteiger partial charge in [-0.15, -0.1) is 0 Å². The topological polar surface area (TPSA) is 43.3 Å². The molecule has 4 heteroatoms. The predicted octanol–water partition coefficient (Wildman–Crippen LogP) is 2.18. The first-order valence-corrected chi connectivity index (χ1v) is 6.14. The number of aromatic nitrogens is 1. The number of nitrogens with one attached hydrogen (secondary N) is 1. The molecule has 0 radical (unpaired) electrons. The second-order valence-electron chi connectivity index (χ2n) is 4.22. The van der Waals surface area contributed by atoms with Crippen LogP contribution in [-0.4, -0.2) is 24.1 Å². The standard InChI is InChI=1S/C14H18N2O2/c1-3-7-15-14(17)10-16-8-6-11-9-12(18-2)4-5-13(11)16/h4-6,8-9H,3,7,10H2,1-2H3,(H,15,17). The summed E-state index contributed by atoms with van der Waals surface area (Å²) in [5.74, 6) is 0.876. The first kappa shape index (κ1) is 12.5. The van der Waals surface area contributed by atoms with E-state index in [2.05, 4.69) is 5.32 Å². The summed E-state index contributed by atoms with van der Waals surface area (Å²) in [5.41, 5.74) is 1.04. The summed E-state index contributed by atoms with van der Waals surface area (Å²) in [5, 5.41) is 3.95. The van der Waals surface area contributed by atoms with Gasteiger partial charge in [0, 0.05) is 23.6 Å². The predicted molar refractivity (Wildman–Crippen MR) is 71.8 cm³/mol. The quantitative estimate of drug-likeness (QED) is 0.878. The number of methoxy groups -OCH3 is 1. The van der Waals surface area contributed by atoms with Crippen molar-refractivity contribution >= 4 is 16.8 Å². The number of hydrogen-bond donors (Lipinski definition) is 1. The van der Waals surface area contributed by atoms with E-state index in [0.29, 0.717) is 6.54 Å². The van der Waals surface area contributed by atoms with Crippen LogP contribution in [0.4, 0.5) is 0 Å². The van der Waals surface area contributed by atoms with Gasteiger partial charge in [0.25, 0.3) is 0 Å². The number of amides is 1. The maximum absolute atomic E-state index is 11.7. The van der Waals surface area contributed by atoms with Gasteiger partial charge >= 0.3 is 0 Å². The van der Waals surface area contributed by atoms with E-state index in [0.717, 1.165) is 29.6 Å². The second kappa shape index (κ2) is 5.58. The molecule has 0 fully saturated rings. The Morgan fingerprint density at radius 2 is 2.22 bits per heavy atom. The van der Waals surface area contributed by atoms with Crippen LogP contribution in [0, 0.1) is 0 Å². The SMILES string of the molecule is CCCNC(=O)Cn1ccc2cc(OC)ccc21. The third-order valence-electron chi connectivity index (χ3n) is 2.86. The molecule has 0 saturated carbocycles. The Morgan fingerprint density at radius 3 is 2.94 bits per heavy atom. The number of carbonyl (C=O) groups excluding carboxylic acids is 1. The lowest BCUT2D eigenvalue weighted by molar-refractivity contribution is -0.121. The zero-order valence-corrected chi connectivity index (χ0v) is 10.8. The summed E-state index contributed by atoms with van der Waals surface area (Å²) in [6.07, 6.45) is 2.88. The number of carbonyl (C=O) groups is 1. The maximum Gasteiger partial charge on any atom is 0.239 e. The first-order valence-electron chi connectivity index (χ1n) is 6.14. The third-order valence-corrected chi connectivity index (χ3v) is 2.86. The van der Waals surface area contributed by atoms with Crippen LogP contribution < -0.4 is 10.1 Å². The van der Waals surface area contributed by atoms with Crippen LogP contribution in [0.25, 0.3) is 10.9 Å².